The minimum atomic E-state index is -0.0325. The molecule has 0 unspecified atom stereocenters. The highest BCUT2D eigenvalue weighted by Crippen LogP contribution is 2.16. The fourth-order valence-electron chi connectivity index (χ4n) is 1.89. The molecular weight excluding hydrogens is 299 g/mol. The largest absolute Gasteiger partial charge is 0.347 e. The van der Waals surface area contributed by atoms with E-state index in [-0.39, 0.29) is 36.8 Å². The number of hydrogen-bond acceptors (Lipinski definition) is 3. The highest BCUT2D eigenvalue weighted by Gasteiger charge is 2.19. The quantitative estimate of drug-likeness (QED) is 0.806. The molecule has 0 saturated carbocycles. The van der Waals surface area contributed by atoms with Crippen LogP contribution in [0.3, 0.4) is 0 Å². The molecule has 1 aliphatic heterocycles. The van der Waals surface area contributed by atoms with Gasteiger partial charge in [0.1, 0.15) is 5.82 Å². The Balaban J connectivity index is 0.000001000. The number of halogens is 2. The van der Waals surface area contributed by atoms with Crippen LogP contribution in [0.5, 0.6) is 0 Å². The fraction of sp³-hybridized carbons (Fsp3) is 0.231. The molecule has 0 bridgehead atoms. The van der Waals surface area contributed by atoms with Crippen LogP contribution < -0.4 is 10.6 Å². The van der Waals surface area contributed by atoms with Gasteiger partial charge in [-0.2, -0.15) is 0 Å². The van der Waals surface area contributed by atoms with Crippen molar-refractivity contribution >= 4 is 30.7 Å². The zero-order chi connectivity index (χ0) is 12.4. The van der Waals surface area contributed by atoms with Gasteiger partial charge in [-0.25, -0.2) is 4.98 Å². The van der Waals surface area contributed by atoms with Gasteiger partial charge in [-0.1, -0.05) is 12.1 Å². The van der Waals surface area contributed by atoms with Crippen molar-refractivity contribution in [3.63, 3.8) is 0 Å². The van der Waals surface area contributed by atoms with Gasteiger partial charge < -0.3 is 15.6 Å². The smallest absolute Gasteiger partial charge is 0.251 e. The van der Waals surface area contributed by atoms with Gasteiger partial charge in [-0.05, 0) is 12.1 Å². The van der Waals surface area contributed by atoms with E-state index >= 15 is 0 Å². The lowest BCUT2D eigenvalue weighted by Gasteiger charge is -2.27. The topological polar surface area (TPSA) is 69.8 Å². The van der Waals surface area contributed by atoms with E-state index in [0.29, 0.717) is 5.56 Å². The van der Waals surface area contributed by atoms with Crippen LogP contribution in [0.15, 0.2) is 36.7 Å². The van der Waals surface area contributed by atoms with Gasteiger partial charge in [0.25, 0.3) is 5.91 Å². The molecule has 0 radical (unpaired) electrons. The van der Waals surface area contributed by atoms with Gasteiger partial charge in [0.05, 0.1) is 6.04 Å². The number of H-pyrrole nitrogens is 1. The molecule has 2 heterocycles. The van der Waals surface area contributed by atoms with E-state index in [1.165, 1.54) is 0 Å². The average Bonchev–Trinajstić information content (AvgIpc) is 2.87. The second-order valence-electron chi connectivity index (χ2n) is 4.35. The van der Waals surface area contributed by atoms with Crippen molar-refractivity contribution < 1.29 is 4.79 Å². The standard InChI is InChI=1S/C13H14N4O.2ClH/c18-13(17-11-7-14-8-11)10-3-1-2-9(6-10)12-15-4-5-16-12;;/h1-6,11,14H,7-8H2,(H,15,16)(H,17,18);2*1H. The van der Waals surface area contributed by atoms with Crippen LogP contribution >= 0.6 is 24.8 Å². The average molecular weight is 315 g/mol. The van der Waals surface area contributed by atoms with Crippen molar-refractivity contribution in [3.05, 3.63) is 42.2 Å². The number of nitrogens with zero attached hydrogens (tertiary/aromatic N) is 1. The Kier molecular flexibility index (Phi) is 6.01. The highest BCUT2D eigenvalue weighted by molar-refractivity contribution is 5.95. The molecule has 0 atom stereocenters. The SMILES string of the molecule is Cl.Cl.O=C(NC1CNC1)c1cccc(-c2ncc[nH]2)c1. The molecule has 2 aromatic rings. The van der Waals surface area contributed by atoms with Crippen LogP contribution in [-0.4, -0.2) is 35.0 Å². The van der Waals surface area contributed by atoms with E-state index in [4.69, 9.17) is 0 Å². The number of benzene rings is 1. The lowest BCUT2D eigenvalue weighted by molar-refractivity contribution is 0.0924. The molecule has 1 aromatic carbocycles. The first-order chi connectivity index (χ1) is 8.83. The Morgan fingerprint density at radius 3 is 2.70 bits per heavy atom. The van der Waals surface area contributed by atoms with Crippen molar-refractivity contribution in [3.8, 4) is 11.4 Å². The maximum atomic E-state index is 12.0. The zero-order valence-corrected chi connectivity index (χ0v) is 12.3. The number of carbonyl (C=O) groups excluding carboxylic acids is 1. The molecular formula is C13H16Cl2N4O. The van der Waals surface area contributed by atoms with Gasteiger partial charge in [0.2, 0.25) is 0 Å². The van der Waals surface area contributed by atoms with Gasteiger partial charge in [-0.15, -0.1) is 24.8 Å². The predicted molar refractivity (Wildman–Crippen MR) is 82.6 cm³/mol. The normalized spacial score (nSPS) is 13.6. The molecule has 1 aromatic heterocycles. The predicted octanol–water partition coefficient (Wildman–Crippen LogP) is 1.62. The summed E-state index contributed by atoms with van der Waals surface area (Å²) in [4.78, 5) is 19.2. The van der Waals surface area contributed by atoms with Gasteiger partial charge in [0, 0.05) is 36.6 Å². The van der Waals surface area contributed by atoms with Crippen molar-refractivity contribution in [2.45, 2.75) is 6.04 Å². The van der Waals surface area contributed by atoms with Gasteiger partial charge in [-0.3, -0.25) is 4.79 Å². The zero-order valence-electron chi connectivity index (χ0n) is 10.6. The molecule has 1 fully saturated rings. The van der Waals surface area contributed by atoms with Crippen LogP contribution in [0.1, 0.15) is 10.4 Å². The first-order valence-electron chi connectivity index (χ1n) is 5.94. The second kappa shape index (κ2) is 7.28. The summed E-state index contributed by atoms with van der Waals surface area (Å²) in [7, 11) is 0. The van der Waals surface area contributed by atoms with Crippen LogP contribution in [0.25, 0.3) is 11.4 Å². The number of imidazole rings is 1. The van der Waals surface area contributed by atoms with Crippen molar-refractivity contribution in [1.29, 1.82) is 0 Å². The minimum absolute atomic E-state index is 0. The first kappa shape index (κ1) is 16.5. The first-order valence-corrected chi connectivity index (χ1v) is 5.94. The third-order valence-electron chi connectivity index (χ3n) is 3.01. The number of rotatable bonds is 3. The number of aromatic nitrogens is 2. The van der Waals surface area contributed by atoms with Gasteiger partial charge >= 0.3 is 0 Å². The molecule has 1 aliphatic rings. The van der Waals surface area contributed by atoms with Crippen LogP contribution in [-0.2, 0) is 0 Å². The van der Waals surface area contributed by atoms with E-state index < -0.39 is 0 Å². The summed E-state index contributed by atoms with van der Waals surface area (Å²) < 4.78 is 0. The van der Waals surface area contributed by atoms with E-state index in [1.807, 2.05) is 24.3 Å². The summed E-state index contributed by atoms with van der Waals surface area (Å²) in [5.41, 5.74) is 1.58. The van der Waals surface area contributed by atoms with Crippen LogP contribution in [0.4, 0.5) is 0 Å². The summed E-state index contributed by atoms with van der Waals surface area (Å²) in [6.45, 7) is 1.70. The Bertz CT molecular complexity index is 555. The van der Waals surface area contributed by atoms with Crippen molar-refractivity contribution in [2.24, 2.45) is 0 Å². The molecule has 1 saturated heterocycles. The van der Waals surface area contributed by atoms with Crippen molar-refractivity contribution in [1.82, 2.24) is 20.6 Å². The molecule has 5 nitrogen and oxygen atoms in total. The monoisotopic (exact) mass is 314 g/mol. The maximum Gasteiger partial charge on any atom is 0.251 e. The summed E-state index contributed by atoms with van der Waals surface area (Å²) >= 11 is 0. The van der Waals surface area contributed by atoms with E-state index in [0.717, 1.165) is 24.5 Å². The number of hydrogen-bond donors (Lipinski definition) is 3. The molecule has 7 heteroatoms. The number of amides is 1. The van der Waals surface area contributed by atoms with E-state index in [1.54, 1.807) is 12.4 Å². The lowest BCUT2D eigenvalue weighted by atomic mass is 10.1. The maximum absolute atomic E-state index is 12.0. The third kappa shape index (κ3) is 3.50. The second-order valence-corrected chi connectivity index (χ2v) is 4.35. The highest BCUT2D eigenvalue weighted by atomic mass is 35.5. The Labute approximate surface area is 129 Å². The third-order valence-corrected chi connectivity index (χ3v) is 3.01. The molecule has 1 amide bonds. The molecule has 0 aliphatic carbocycles. The summed E-state index contributed by atoms with van der Waals surface area (Å²) in [6.07, 6.45) is 3.46. The number of carbonyl (C=O) groups is 1. The number of aromatic amines is 1. The molecule has 108 valence electrons. The van der Waals surface area contributed by atoms with Crippen LogP contribution in [0, 0.1) is 0 Å². The number of nitrogens with one attached hydrogen (secondary N) is 3. The van der Waals surface area contributed by atoms with E-state index in [9.17, 15) is 4.79 Å². The Hall–Kier alpha value is -1.56. The molecule has 20 heavy (non-hydrogen) atoms. The van der Waals surface area contributed by atoms with E-state index in [2.05, 4.69) is 20.6 Å². The molecule has 0 spiro atoms. The Morgan fingerprint density at radius 2 is 2.10 bits per heavy atom. The molecule has 3 rings (SSSR count). The molecule has 3 N–H and O–H groups in total. The minimum Gasteiger partial charge on any atom is -0.347 e. The summed E-state index contributed by atoms with van der Waals surface area (Å²) in [5.74, 6) is 0.741. The van der Waals surface area contributed by atoms with Crippen molar-refractivity contribution in [2.75, 3.05) is 13.1 Å². The fourth-order valence-corrected chi connectivity index (χ4v) is 1.89. The van der Waals surface area contributed by atoms with Gasteiger partial charge in [0.15, 0.2) is 0 Å². The lowest BCUT2D eigenvalue weighted by Crippen LogP contribution is -2.56. The Morgan fingerprint density at radius 1 is 1.30 bits per heavy atom. The van der Waals surface area contributed by atoms with Crippen LogP contribution in [0.2, 0.25) is 0 Å². The summed E-state index contributed by atoms with van der Waals surface area (Å²) in [6, 6.07) is 7.71. The summed E-state index contributed by atoms with van der Waals surface area (Å²) in [5, 5.41) is 6.10.